The Morgan fingerprint density at radius 2 is 1.89 bits per heavy atom. The van der Waals surface area contributed by atoms with Crippen LogP contribution in [0.4, 0.5) is 0 Å². The van der Waals surface area contributed by atoms with E-state index in [1.54, 1.807) is 0 Å². The molecule has 0 bridgehead atoms. The van der Waals surface area contributed by atoms with E-state index in [1.165, 1.54) is 5.56 Å². The van der Waals surface area contributed by atoms with Crippen LogP contribution >= 0.6 is 13.5 Å². The van der Waals surface area contributed by atoms with Gasteiger partial charge in [-0.3, -0.25) is 4.99 Å². The molecule has 0 saturated carbocycles. The maximum atomic E-state index is 6.17. The van der Waals surface area contributed by atoms with Gasteiger partial charge in [-0.1, -0.05) is 72.4 Å². The van der Waals surface area contributed by atoms with Crippen LogP contribution in [-0.4, -0.2) is 12.8 Å². The van der Waals surface area contributed by atoms with E-state index in [9.17, 15) is 0 Å². The predicted molar refractivity (Wildman–Crippen MR) is 130 cm³/mol. The van der Waals surface area contributed by atoms with Crippen molar-refractivity contribution in [1.82, 2.24) is 0 Å². The molecule has 0 aliphatic rings. The number of aliphatic imine (C=N–C) groups is 1. The van der Waals surface area contributed by atoms with Gasteiger partial charge in [-0.25, -0.2) is 0 Å². The van der Waals surface area contributed by atoms with Crippen molar-refractivity contribution in [2.75, 3.05) is 7.05 Å². The van der Waals surface area contributed by atoms with Gasteiger partial charge >= 0.3 is 0 Å². The van der Waals surface area contributed by atoms with Gasteiger partial charge in [0, 0.05) is 20.1 Å². The SMILES string of the molecule is C=C(Oc1cccc(C(C)C)c1)C(C)(CC)C(=NC)[C@@H](C)C=CC.CC.S.[HH]. The molecule has 156 valence electrons. The Morgan fingerprint density at radius 1 is 1.30 bits per heavy atom. The normalized spacial score (nSPS) is 14.7. The molecule has 3 heteroatoms. The maximum Gasteiger partial charge on any atom is 0.127 e. The van der Waals surface area contributed by atoms with Gasteiger partial charge in [0.2, 0.25) is 0 Å². The van der Waals surface area contributed by atoms with E-state index >= 15 is 0 Å². The molecule has 0 spiro atoms. The van der Waals surface area contributed by atoms with Crippen LogP contribution in [0.15, 0.2) is 53.7 Å². The van der Waals surface area contributed by atoms with Crippen LogP contribution in [0.5, 0.6) is 5.75 Å². The van der Waals surface area contributed by atoms with E-state index in [0.29, 0.717) is 5.92 Å². The van der Waals surface area contributed by atoms with Gasteiger partial charge in [-0.05, 0) is 43.9 Å². The molecule has 0 saturated heterocycles. The number of ether oxygens (including phenoxy) is 1. The van der Waals surface area contributed by atoms with Gasteiger partial charge in [0.25, 0.3) is 0 Å². The van der Waals surface area contributed by atoms with Crippen LogP contribution in [-0.2, 0) is 0 Å². The molecule has 0 N–H and O–H groups in total. The Bertz CT molecular complexity index is 625. The third kappa shape index (κ3) is 7.57. The second-order valence-electron chi connectivity index (χ2n) is 6.86. The zero-order valence-corrected chi connectivity index (χ0v) is 19.9. The van der Waals surface area contributed by atoms with E-state index in [0.717, 1.165) is 23.6 Å². The molecule has 1 aromatic rings. The van der Waals surface area contributed by atoms with E-state index in [4.69, 9.17) is 4.74 Å². The summed E-state index contributed by atoms with van der Waals surface area (Å²) in [4.78, 5) is 4.58. The molecule has 27 heavy (non-hydrogen) atoms. The van der Waals surface area contributed by atoms with Crippen molar-refractivity contribution in [1.29, 1.82) is 0 Å². The van der Waals surface area contributed by atoms with Gasteiger partial charge < -0.3 is 4.74 Å². The van der Waals surface area contributed by atoms with Crippen LogP contribution < -0.4 is 4.74 Å². The number of rotatable bonds is 8. The van der Waals surface area contributed by atoms with Crippen molar-refractivity contribution in [2.24, 2.45) is 16.3 Å². The summed E-state index contributed by atoms with van der Waals surface area (Å²) in [5.41, 5.74) is 2.08. The van der Waals surface area contributed by atoms with Gasteiger partial charge in [-0.15, -0.1) is 0 Å². The standard InChI is InChI=1S/C22H33NO.C2H6.H2S.H2/c1-9-12-17(5)21(23-8)22(7,10-2)18(6)24-20-14-11-13-19(15-20)16(3)4;1-2;;/h9,11-17H,6,10H2,1-5,7-8H3;1-2H3;1H2;1H/t17-,22?;;;/m0.../s1. The first-order valence-electron chi connectivity index (χ1n) is 9.87. The molecule has 1 aromatic carbocycles. The summed E-state index contributed by atoms with van der Waals surface area (Å²) >= 11 is 0. The molecule has 2 nitrogen and oxygen atoms in total. The lowest BCUT2D eigenvalue weighted by molar-refractivity contribution is 0.309. The van der Waals surface area contributed by atoms with E-state index < -0.39 is 0 Å². The molecule has 0 aliphatic heterocycles. The topological polar surface area (TPSA) is 21.6 Å². The highest BCUT2D eigenvalue weighted by molar-refractivity contribution is 7.59. The zero-order valence-electron chi connectivity index (χ0n) is 18.9. The molecular weight excluding hydrogens is 350 g/mol. The molecule has 2 atom stereocenters. The molecule has 0 aliphatic carbocycles. The second kappa shape index (κ2) is 13.7. The van der Waals surface area contributed by atoms with Crippen LogP contribution in [0, 0.1) is 11.3 Å². The lowest BCUT2D eigenvalue weighted by Gasteiger charge is -2.34. The number of hydrogen-bond donors (Lipinski definition) is 0. The smallest absolute Gasteiger partial charge is 0.127 e. The van der Waals surface area contributed by atoms with Crippen molar-refractivity contribution in [3.63, 3.8) is 0 Å². The van der Waals surface area contributed by atoms with Crippen LogP contribution in [0.3, 0.4) is 0 Å². The summed E-state index contributed by atoms with van der Waals surface area (Å²) in [6.07, 6.45) is 5.13. The lowest BCUT2D eigenvalue weighted by atomic mass is 9.75. The first-order chi connectivity index (χ1) is 12.3. The quantitative estimate of drug-likeness (QED) is 0.251. The minimum atomic E-state index is -0.290. The largest absolute Gasteiger partial charge is 0.461 e. The Morgan fingerprint density at radius 3 is 2.33 bits per heavy atom. The van der Waals surface area contributed by atoms with Crippen molar-refractivity contribution in [2.45, 2.75) is 67.7 Å². The molecular formula is C24H43NOS. The third-order valence-electron chi connectivity index (χ3n) is 4.81. The zero-order chi connectivity index (χ0) is 20.3. The predicted octanol–water partition coefficient (Wildman–Crippen LogP) is 7.79. The van der Waals surface area contributed by atoms with E-state index in [1.807, 2.05) is 40.0 Å². The summed E-state index contributed by atoms with van der Waals surface area (Å²) in [5, 5.41) is 0. The maximum absolute atomic E-state index is 6.17. The number of allylic oxidation sites excluding steroid dienone is 3. The summed E-state index contributed by atoms with van der Waals surface area (Å²) in [6, 6.07) is 8.26. The van der Waals surface area contributed by atoms with Gasteiger partial charge in [0.1, 0.15) is 11.5 Å². The minimum absolute atomic E-state index is 0. The first kappa shape index (κ1) is 27.7. The van der Waals surface area contributed by atoms with E-state index in [-0.39, 0.29) is 26.3 Å². The Labute approximate surface area is 176 Å². The fourth-order valence-electron chi connectivity index (χ4n) is 3.05. The molecule has 0 amide bonds. The summed E-state index contributed by atoms with van der Waals surface area (Å²) in [7, 11) is 1.86. The highest BCUT2D eigenvalue weighted by atomic mass is 32.1. The molecule has 0 radical (unpaired) electrons. The fourth-order valence-corrected chi connectivity index (χ4v) is 3.05. The first-order valence-corrected chi connectivity index (χ1v) is 9.87. The van der Waals surface area contributed by atoms with Crippen LogP contribution in [0.25, 0.3) is 0 Å². The van der Waals surface area contributed by atoms with Gasteiger partial charge in [0.15, 0.2) is 0 Å². The number of benzene rings is 1. The molecule has 1 unspecified atom stereocenters. The highest BCUT2D eigenvalue weighted by Crippen LogP contribution is 2.36. The molecule has 0 heterocycles. The van der Waals surface area contributed by atoms with Gasteiger partial charge in [-0.2, -0.15) is 13.5 Å². The van der Waals surface area contributed by atoms with Crippen molar-refractivity contribution in [3.05, 3.63) is 54.3 Å². The van der Waals surface area contributed by atoms with Gasteiger partial charge in [0.05, 0.1) is 5.41 Å². The summed E-state index contributed by atoms with van der Waals surface area (Å²) in [6.45, 7) is 21.2. The van der Waals surface area contributed by atoms with E-state index in [2.05, 4.69) is 70.5 Å². The minimum Gasteiger partial charge on any atom is -0.461 e. The van der Waals surface area contributed by atoms with Crippen LogP contribution in [0.1, 0.15) is 74.7 Å². The molecule has 1 rings (SSSR count). The number of nitrogens with zero attached hydrogens (tertiary/aromatic N) is 1. The van der Waals surface area contributed by atoms with Crippen LogP contribution in [0.2, 0.25) is 0 Å². The van der Waals surface area contributed by atoms with Crippen molar-refractivity contribution < 1.29 is 6.16 Å². The lowest BCUT2D eigenvalue weighted by Crippen LogP contribution is -2.35. The third-order valence-corrected chi connectivity index (χ3v) is 4.81. The average Bonchev–Trinajstić information content (AvgIpc) is 2.64. The van der Waals surface area contributed by atoms with Crippen molar-refractivity contribution >= 4 is 19.2 Å². The Hall–Kier alpha value is -1.48. The Kier molecular flexibility index (Phi) is 14.0. The number of hydrogen-bond acceptors (Lipinski definition) is 2. The molecule has 0 aromatic heterocycles. The van der Waals surface area contributed by atoms with Crippen molar-refractivity contribution in [3.8, 4) is 5.75 Å². The molecule has 0 fully saturated rings. The Balaban J connectivity index is -0.00000151. The fraction of sp³-hybridized carbons (Fsp3) is 0.542. The highest BCUT2D eigenvalue weighted by Gasteiger charge is 2.35. The monoisotopic (exact) mass is 393 g/mol. The summed E-state index contributed by atoms with van der Waals surface area (Å²) < 4.78 is 6.17. The summed E-state index contributed by atoms with van der Waals surface area (Å²) in [5.74, 6) is 2.33. The average molecular weight is 394 g/mol. The second-order valence-corrected chi connectivity index (χ2v) is 6.86.